The number of hydrogen-bond acceptors (Lipinski definition) is 0. The summed E-state index contributed by atoms with van der Waals surface area (Å²) in [7, 11) is 0. The SMILES string of the molecule is CCCCCCCCCC[CH]Cl. The van der Waals surface area contributed by atoms with Crippen molar-refractivity contribution >= 4 is 11.6 Å². The molecule has 0 saturated carbocycles. The third-order valence-corrected chi connectivity index (χ3v) is 2.39. The van der Waals surface area contributed by atoms with Crippen LogP contribution in [-0.2, 0) is 0 Å². The summed E-state index contributed by atoms with van der Waals surface area (Å²) in [5.41, 5.74) is 0. The van der Waals surface area contributed by atoms with E-state index in [4.69, 9.17) is 11.6 Å². The van der Waals surface area contributed by atoms with Crippen molar-refractivity contribution in [3.05, 3.63) is 5.88 Å². The predicted molar refractivity (Wildman–Crippen MR) is 57.4 cm³/mol. The zero-order valence-corrected chi connectivity index (χ0v) is 9.08. The van der Waals surface area contributed by atoms with Gasteiger partial charge < -0.3 is 0 Å². The van der Waals surface area contributed by atoms with Crippen molar-refractivity contribution in [2.45, 2.75) is 64.7 Å². The summed E-state index contributed by atoms with van der Waals surface area (Å²) < 4.78 is 0. The molecule has 0 rings (SSSR count). The standard InChI is InChI=1S/C11H22Cl/c1-2-3-4-5-6-7-8-9-10-11-12/h11H,2-10H2,1H3. The maximum atomic E-state index is 5.46. The molecule has 0 aromatic heterocycles. The Morgan fingerprint density at radius 3 is 1.83 bits per heavy atom. The lowest BCUT2D eigenvalue weighted by atomic mass is 10.1. The summed E-state index contributed by atoms with van der Waals surface area (Å²) in [6.45, 7) is 2.26. The van der Waals surface area contributed by atoms with E-state index in [0.29, 0.717) is 0 Å². The fourth-order valence-corrected chi connectivity index (χ4v) is 1.51. The average Bonchev–Trinajstić information content (AvgIpc) is 2.10. The normalized spacial score (nSPS) is 10.5. The zero-order chi connectivity index (χ0) is 9.07. The van der Waals surface area contributed by atoms with Crippen molar-refractivity contribution < 1.29 is 0 Å². The summed E-state index contributed by atoms with van der Waals surface area (Å²) in [6, 6.07) is 0. The van der Waals surface area contributed by atoms with Crippen LogP contribution >= 0.6 is 11.6 Å². The second kappa shape index (κ2) is 11.3. The van der Waals surface area contributed by atoms with Crippen molar-refractivity contribution in [1.82, 2.24) is 0 Å². The average molecular weight is 190 g/mol. The van der Waals surface area contributed by atoms with Gasteiger partial charge in [0.15, 0.2) is 0 Å². The molecule has 0 atom stereocenters. The lowest BCUT2D eigenvalue weighted by Crippen LogP contribution is -1.80. The smallest absolute Gasteiger partial charge is 0.0499 e. The van der Waals surface area contributed by atoms with Gasteiger partial charge in [-0.2, -0.15) is 0 Å². The lowest BCUT2D eigenvalue weighted by Gasteiger charge is -1.99. The third kappa shape index (κ3) is 10.3. The van der Waals surface area contributed by atoms with Crippen LogP contribution in [0.3, 0.4) is 0 Å². The molecule has 0 N–H and O–H groups in total. The molecule has 0 amide bonds. The van der Waals surface area contributed by atoms with Gasteiger partial charge in [-0.3, -0.25) is 0 Å². The second-order valence-electron chi connectivity index (χ2n) is 3.42. The molecule has 0 nitrogen and oxygen atoms in total. The molecule has 0 aromatic rings. The molecule has 1 heteroatoms. The topological polar surface area (TPSA) is 0 Å². The van der Waals surface area contributed by atoms with Gasteiger partial charge in [0.05, 0.1) is 0 Å². The molecule has 0 bridgehead atoms. The molecule has 0 fully saturated rings. The molecule has 0 unspecified atom stereocenters. The minimum atomic E-state index is 1.08. The van der Waals surface area contributed by atoms with Crippen molar-refractivity contribution in [3.63, 3.8) is 0 Å². The van der Waals surface area contributed by atoms with Crippen LogP contribution in [0.4, 0.5) is 0 Å². The molecule has 12 heavy (non-hydrogen) atoms. The van der Waals surface area contributed by atoms with Crippen LogP contribution in [0, 0.1) is 5.88 Å². The van der Waals surface area contributed by atoms with E-state index < -0.39 is 0 Å². The van der Waals surface area contributed by atoms with Gasteiger partial charge in [0, 0.05) is 5.88 Å². The van der Waals surface area contributed by atoms with Crippen LogP contribution in [-0.4, -0.2) is 0 Å². The molecular weight excluding hydrogens is 168 g/mol. The monoisotopic (exact) mass is 189 g/mol. The Kier molecular flexibility index (Phi) is 11.6. The fourth-order valence-electron chi connectivity index (χ4n) is 1.36. The Balaban J connectivity index is 2.73. The van der Waals surface area contributed by atoms with Crippen LogP contribution in [0.15, 0.2) is 0 Å². The highest BCUT2D eigenvalue weighted by Crippen LogP contribution is 2.10. The van der Waals surface area contributed by atoms with Gasteiger partial charge in [-0.25, -0.2) is 0 Å². The van der Waals surface area contributed by atoms with Gasteiger partial charge in [0.25, 0.3) is 0 Å². The minimum absolute atomic E-state index is 1.08. The molecule has 73 valence electrons. The highest BCUT2D eigenvalue weighted by atomic mass is 35.5. The Hall–Kier alpha value is 0.290. The maximum Gasteiger partial charge on any atom is 0.0499 e. The first kappa shape index (κ1) is 12.3. The van der Waals surface area contributed by atoms with Crippen LogP contribution in [0.1, 0.15) is 64.7 Å². The molecule has 1 radical (unpaired) electrons. The second-order valence-corrected chi connectivity index (χ2v) is 3.73. The van der Waals surface area contributed by atoms with E-state index in [1.54, 1.807) is 5.88 Å². The molecule has 0 heterocycles. The largest absolute Gasteiger partial charge is 0.121 e. The van der Waals surface area contributed by atoms with Gasteiger partial charge in [-0.1, -0.05) is 58.3 Å². The molecule has 0 aromatic carbocycles. The summed E-state index contributed by atoms with van der Waals surface area (Å²) in [5, 5.41) is 0. The van der Waals surface area contributed by atoms with E-state index in [1.165, 1.54) is 51.4 Å². The predicted octanol–water partition coefficient (Wildman–Crippen LogP) is 4.92. The highest BCUT2D eigenvalue weighted by molar-refractivity contribution is 6.23. The first-order valence-corrected chi connectivity index (χ1v) is 5.77. The van der Waals surface area contributed by atoms with Gasteiger partial charge in [-0.15, -0.1) is 11.6 Å². The summed E-state index contributed by atoms with van der Waals surface area (Å²) in [4.78, 5) is 0. The van der Waals surface area contributed by atoms with Gasteiger partial charge in [0.2, 0.25) is 0 Å². The van der Waals surface area contributed by atoms with Crippen molar-refractivity contribution in [1.29, 1.82) is 0 Å². The Labute approximate surface area is 82.7 Å². The first-order valence-electron chi connectivity index (χ1n) is 5.33. The molecular formula is C11H22Cl. The van der Waals surface area contributed by atoms with Gasteiger partial charge in [0.1, 0.15) is 0 Å². The fraction of sp³-hybridized carbons (Fsp3) is 0.909. The molecule has 0 aliphatic rings. The first-order chi connectivity index (χ1) is 5.91. The van der Waals surface area contributed by atoms with Crippen molar-refractivity contribution in [3.8, 4) is 0 Å². The molecule has 0 spiro atoms. The van der Waals surface area contributed by atoms with E-state index in [0.717, 1.165) is 6.42 Å². The Morgan fingerprint density at radius 1 is 0.833 bits per heavy atom. The van der Waals surface area contributed by atoms with Crippen molar-refractivity contribution in [2.24, 2.45) is 0 Å². The van der Waals surface area contributed by atoms with E-state index in [-0.39, 0.29) is 0 Å². The van der Waals surface area contributed by atoms with Crippen LogP contribution in [0.5, 0.6) is 0 Å². The van der Waals surface area contributed by atoms with Crippen LogP contribution < -0.4 is 0 Å². The quantitative estimate of drug-likeness (QED) is 0.452. The molecule has 0 saturated heterocycles. The Morgan fingerprint density at radius 2 is 1.33 bits per heavy atom. The summed E-state index contributed by atoms with van der Waals surface area (Å²) in [6.07, 6.45) is 12.1. The van der Waals surface area contributed by atoms with Crippen LogP contribution in [0.2, 0.25) is 0 Å². The maximum absolute atomic E-state index is 5.46. The van der Waals surface area contributed by atoms with E-state index in [9.17, 15) is 0 Å². The lowest BCUT2D eigenvalue weighted by molar-refractivity contribution is 0.576. The Bertz CT molecular complexity index is 61.4. The number of halogens is 1. The van der Waals surface area contributed by atoms with Gasteiger partial charge >= 0.3 is 0 Å². The number of rotatable bonds is 9. The third-order valence-electron chi connectivity index (χ3n) is 2.17. The summed E-state index contributed by atoms with van der Waals surface area (Å²) in [5.74, 6) is 1.75. The number of hydrogen-bond donors (Lipinski definition) is 0. The van der Waals surface area contributed by atoms with E-state index in [1.807, 2.05) is 0 Å². The van der Waals surface area contributed by atoms with Gasteiger partial charge in [-0.05, 0) is 6.42 Å². The minimum Gasteiger partial charge on any atom is -0.121 e. The van der Waals surface area contributed by atoms with Crippen molar-refractivity contribution in [2.75, 3.05) is 0 Å². The molecule has 0 aliphatic heterocycles. The summed E-state index contributed by atoms with van der Waals surface area (Å²) >= 11 is 5.46. The molecule has 0 aliphatic carbocycles. The highest BCUT2D eigenvalue weighted by Gasteiger charge is 1.90. The van der Waals surface area contributed by atoms with Crippen LogP contribution in [0.25, 0.3) is 0 Å². The van der Waals surface area contributed by atoms with E-state index in [2.05, 4.69) is 6.92 Å². The van der Waals surface area contributed by atoms with E-state index >= 15 is 0 Å². The number of unbranched alkanes of at least 4 members (excludes halogenated alkanes) is 8. The zero-order valence-electron chi connectivity index (χ0n) is 8.32.